The van der Waals surface area contributed by atoms with Crippen LogP contribution in [0.4, 0.5) is 13.2 Å². The van der Waals surface area contributed by atoms with Crippen molar-refractivity contribution in [3.8, 4) is 11.5 Å². The summed E-state index contributed by atoms with van der Waals surface area (Å²) in [7, 11) is 0. The van der Waals surface area contributed by atoms with Gasteiger partial charge in [0.25, 0.3) is 0 Å². The molecule has 9 heteroatoms. The number of benzene rings is 2. The van der Waals surface area contributed by atoms with Gasteiger partial charge in [0.15, 0.2) is 0 Å². The Morgan fingerprint density at radius 1 is 1.10 bits per heavy atom. The van der Waals surface area contributed by atoms with Gasteiger partial charge in [-0.25, -0.2) is 4.98 Å². The zero-order valence-corrected chi connectivity index (χ0v) is 16.5. The van der Waals surface area contributed by atoms with Gasteiger partial charge < -0.3 is 4.42 Å². The number of fused-ring (bicyclic) bond motifs is 1. The lowest BCUT2D eigenvalue weighted by Gasteiger charge is -2.10. The number of aromatic nitrogens is 3. The molecule has 0 unspecified atom stereocenters. The maximum absolute atomic E-state index is 13.0. The van der Waals surface area contributed by atoms with Crippen LogP contribution < -0.4 is 0 Å². The minimum absolute atomic E-state index is 0.0979. The Morgan fingerprint density at radius 2 is 1.77 bits per heavy atom. The first-order valence-corrected chi connectivity index (χ1v) is 9.36. The van der Waals surface area contributed by atoms with E-state index in [1.54, 1.807) is 35.0 Å². The predicted octanol–water partition coefficient (Wildman–Crippen LogP) is 5.32. The number of alkyl halides is 3. The molecule has 2 heterocycles. The first kappa shape index (κ1) is 20.2. The van der Waals surface area contributed by atoms with Crippen LogP contribution in [-0.2, 0) is 23.8 Å². The van der Waals surface area contributed by atoms with Crippen molar-refractivity contribution in [2.45, 2.75) is 25.9 Å². The summed E-state index contributed by atoms with van der Waals surface area (Å²) in [6.45, 7) is 1.81. The summed E-state index contributed by atoms with van der Waals surface area (Å²) in [5.74, 6) is 0.928. The van der Waals surface area contributed by atoms with Crippen molar-refractivity contribution >= 4 is 23.1 Å². The van der Waals surface area contributed by atoms with Crippen molar-refractivity contribution in [3.05, 3.63) is 76.2 Å². The van der Waals surface area contributed by atoms with Crippen molar-refractivity contribution < 1.29 is 22.4 Å². The molecular formula is C21H15ClF3N3O2. The number of ketones is 1. The number of hydrogen-bond acceptors (Lipinski definition) is 4. The van der Waals surface area contributed by atoms with Crippen LogP contribution in [0.15, 0.2) is 53.1 Å². The van der Waals surface area contributed by atoms with Crippen LogP contribution in [0.5, 0.6) is 0 Å². The van der Waals surface area contributed by atoms with E-state index < -0.39 is 11.7 Å². The van der Waals surface area contributed by atoms with Crippen LogP contribution in [-0.4, -0.2) is 20.4 Å². The van der Waals surface area contributed by atoms with Gasteiger partial charge in [0.1, 0.15) is 11.6 Å². The number of hydrogen-bond donors (Lipinski definition) is 0. The van der Waals surface area contributed by atoms with Crippen molar-refractivity contribution in [3.63, 3.8) is 0 Å². The Kier molecular flexibility index (Phi) is 5.11. The molecular weight excluding hydrogens is 419 g/mol. The number of Topliss-reactive ketones (excluding diaryl/α,β-unsaturated/α-hetero) is 1. The van der Waals surface area contributed by atoms with Gasteiger partial charge in [-0.15, -0.1) is 5.10 Å². The molecule has 4 rings (SSSR count). The molecule has 0 saturated heterocycles. The highest BCUT2D eigenvalue weighted by Gasteiger charge is 2.33. The van der Waals surface area contributed by atoms with Crippen LogP contribution in [0.25, 0.3) is 17.2 Å². The lowest BCUT2D eigenvalue weighted by molar-refractivity contribution is -0.137. The van der Waals surface area contributed by atoms with Crippen molar-refractivity contribution in [1.29, 1.82) is 0 Å². The summed E-state index contributed by atoms with van der Waals surface area (Å²) in [6.07, 6.45) is -2.99. The summed E-state index contributed by atoms with van der Waals surface area (Å²) in [5, 5.41) is 3.96. The second kappa shape index (κ2) is 7.60. The molecule has 0 atom stereocenters. The third-order valence-electron chi connectivity index (χ3n) is 4.61. The van der Waals surface area contributed by atoms with Gasteiger partial charge in [-0.1, -0.05) is 29.8 Å². The molecule has 0 amide bonds. The fourth-order valence-corrected chi connectivity index (χ4v) is 3.34. The van der Waals surface area contributed by atoms with E-state index >= 15 is 0 Å². The third kappa shape index (κ3) is 4.09. The van der Waals surface area contributed by atoms with E-state index in [2.05, 4.69) is 10.1 Å². The average Bonchev–Trinajstić information content (AvgIpc) is 3.25. The summed E-state index contributed by atoms with van der Waals surface area (Å²) in [6, 6.07) is 10.6. The quantitative estimate of drug-likeness (QED) is 0.427. The Hall–Kier alpha value is -3.13. The minimum Gasteiger partial charge on any atom is -0.417 e. The number of imidazole rings is 1. The smallest absolute Gasteiger partial charge is 0.417 e. The van der Waals surface area contributed by atoms with Gasteiger partial charge in [-0.3, -0.25) is 4.79 Å². The van der Waals surface area contributed by atoms with E-state index in [1.807, 2.05) is 6.92 Å². The maximum atomic E-state index is 13.0. The molecule has 0 N–H and O–H groups in total. The summed E-state index contributed by atoms with van der Waals surface area (Å²) in [5.41, 5.74) is 1.34. The molecule has 0 fully saturated rings. The predicted molar refractivity (Wildman–Crippen MR) is 104 cm³/mol. The van der Waals surface area contributed by atoms with Gasteiger partial charge >= 0.3 is 6.18 Å². The summed E-state index contributed by atoms with van der Waals surface area (Å²) >= 11 is 5.62. The zero-order chi connectivity index (χ0) is 21.5. The van der Waals surface area contributed by atoms with Crippen LogP contribution in [0, 0.1) is 6.92 Å². The Morgan fingerprint density at radius 3 is 2.43 bits per heavy atom. The van der Waals surface area contributed by atoms with E-state index in [4.69, 9.17) is 16.0 Å². The second-order valence-corrected chi connectivity index (χ2v) is 7.27. The molecule has 5 nitrogen and oxygen atoms in total. The van der Waals surface area contributed by atoms with Gasteiger partial charge in [-0.2, -0.15) is 17.7 Å². The third-order valence-corrected chi connectivity index (χ3v) is 4.94. The zero-order valence-electron chi connectivity index (χ0n) is 15.7. The molecule has 0 saturated carbocycles. The number of halogens is 4. The van der Waals surface area contributed by atoms with Crippen LogP contribution in [0.1, 0.15) is 22.5 Å². The fourth-order valence-electron chi connectivity index (χ4n) is 3.12. The van der Waals surface area contributed by atoms with Gasteiger partial charge in [0.05, 0.1) is 16.8 Å². The molecule has 154 valence electrons. The Bertz CT molecular complexity index is 1230. The maximum Gasteiger partial charge on any atom is 0.417 e. The molecule has 0 bridgehead atoms. The highest BCUT2D eigenvalue weighted by atomic mass is 35.5. The molecule has 0 radical (unpaired) electrons. The average molecular weight is 434 g/mol. The van der Waals surface area contributed by atoms with Gasteiger partial charge in [0.2, 0.25) is 11.6 Å². The molecule has 0 aliphatic carbocycles. The molecule has 4 aromatic rings. The number of nitrogens with zero attached hydrogens (tertiary/aromatic N) is 3. The number of rotatable bonds is 5. The lowest BCUT2D eigenvalue weighted by Crippen LogP contribution is -2.10. The SMILES string of the molecule is Cc1ncc2oc(-c3ccc(CC(=O)Cc4ccc(Cl)c(C(F)(F)F)c4)cc3)nn12. The first-order valence-electron chi connectivity index (χ1n) is 8.98. The number of carbonyl (C=O) groups is 1. The molecule has 0 spiro atoms. The summed E-state index contributed by atoms with van der Waals surface area (Å²) < 4.78 is 46.2. The molecule has 2 aromatic heterocycles. The van der Waals surface area contributed by atoms with Gasteiger partial charge in [0, 0.05) is 18.4 Å². The number of carbonyl (C=O) groups excluding carboxylic acids is 1. The largest absolute Gasteiger partial charge is 0.417 e. The van der Waals surface area contributed by atoms with Crippen LogP contribution in [0.2, 0.25) is 5.02 Å². The Labute approximate surface area is 174 Å². The van der Waals surface area contributed by atoms with Crippen molar-refractivity contribution in [1.82, 2.24) is 14.6 Å². The molecule has 2 aromatic carbocycles. The van der Waals surface area contributed by atoms with Crippen molar-refractivity contribution in [2.24, 2.45) is 0 Å². The van der Waals surface area contributed by atoms with E-state index in [-0.39, 0.29) is 29.2 Å². The van der Waals surface area contributed by atoms with Crippen molar-refractivity contribution in [2.75, 3.05) is 0 Å². The van der Waals surface area contributed by atoms with E-state index in [0.717, 1.165) is 23.3 Å². The van der Waals surface area contributed by atoms with Gasteiger partial charge in [-0.05, 0) is 42.3 Å². The fraction of sp³-hybridized carbons (Fsp3) is 0.190. The van der Waals surface area contributed by atoms with E-state index in [9.17, 15) is 18.0 Å². The molecule has 30 heavy (non-hydrogen) atoms. The standard InChI is InChI=1S/C21H15ClF3N3O2/c1-12-26-11-19-28(12)27-20(30-19)15-5-2-13(3-6-15)8-16(29)9-14-4-7-18(22)17(10-14)21(23,24)25/h2-7,10-11H,8-9H2,1H3. The van der Waals surface area contributed by atoms with Crippen LogP contribution >= 0.6 is 11.6 Å². The Balaban J connectivity index is 1.45. The highest BCUT2D eigenvalue weighted by molar-refractivity contribution is 6.31. The van der Waals surface area contributed by atoms with E-state index in [1.165, 1.54) is 6.07 Å². The second-order valence-electron chi connectivity index (χ2n) is 6.86. The molecule has 0 aliphatic heterocycles. The first-order chi connectivity index (χ1) is 14.2. The normalized spacial score (nSPS) is 11.9. The summed E-state index contributed by atoms with van der Waals surface area (Å²) in [4.78, 5) is 16.4. The molecule has 0 aliphatic rings. The van der Waals surface area contributed by atoms with Crippen LogP contribution in [0.3, 0.4) is 0 Å². The minimum atomic E-state index is -4.56. The number of aryl methyl sites for hydroxylation is 1. The van der Waals surface area contributed by atoms with E-state index in [0.29, 0.717) is 17.4 Å². The monoisotopic (exact) mass is 433 g/mol. The lowest BCUT2D eigenvalue weighted by atomic mass is 10.0. The highest BCUT2D eigenvalue weighted by Crippen LogP contribution is 2.35. The topological polar surface area (TPSA) is 60.4 Å².